The SMILES string of the molecule is O=C1c2c(cccc2-n2c3ccccc3c3ccccc32)C(O)N1c1ccccc1. The van der Waals surface area contributed by atoms with Gasteiger partial charge < -0.3 is 9.67 Å². The number of fused-ring (bicyclic) bond motifs is 4. The predicted molar refractivity (Wildman–Crippen MR) is 119 cm³/mol. The summed E-state index contributed by atoms with van der Waals surface area (Å²) in [4.78, 5) is 15.0. The maximum absolute atomic E-state index is 13.5. The fraction of sp³-hybridized carbons (Fsp3) is 0.0385. The molecule has 0 saturated heterocycles. The Kier molecular flexibility index (Phi) is 3.58. The molecule has 144 valence electrons. The molecular formula is C26H18N2O2. The Hall–Kier alpha value is -3.89. The minimum atomic E-state index is -1.01. The molecule has 1 aliphatic rings. The molecule has 4 aromatic carbocycles. The predicted octanol–water partition coefficient (Wildman–Crippen LogP) is 5.44. The Bertz CT molecular complexity index is 1380. The fourth-order valence-corrected chi connectivity index (χ4v) is 4.59. The second kappa shape index (κ2) is 6.31. The van der Waals surface area contributed by atoms with Gasteiger partial charge in [0.05, 0.1) is 22.3 Å². The van der Waals surface area contributed by atoms with Gasteiger partial charge >= 0.3 is 0 Å². The summed E-state index contributed by atoms with van der Waals surface area (Å²) in [6.07, 6.45) is -1.01. The van der Waals surface area contributed by atoms with E-state index >= 15 is 0 Å². The molecule has 4 heteroatoms. The summed E-state index contributed by atoms with van der Waals surface area (Å²) in [6, 6.07) is 31.4. The molecule has 1 amide bonds. The van der Waals surface area contributed by atoms with Gasteiger partial charge in [-0.15, -0.1) is 0 Å². The van der Waals surface area contributed by atoms with Crippen LogP contribution in [0.5, 0.6) is 0 Å². The summed E-state index contributed by atoms with van der Waals surface area (Å²) >= 11 is 0. The minimum absolute atomic E-state index is 0.193. The quantitative estimate of drug-likeness (QED) is 0.437. The molecule has 1 N–H and O–H groups in total. The van der Waals surface area contributed by atoms with Crippen LogP contribution in [0, 0.1) is 0 Å². The van der Waals surface area contributed by atoms with Gasteiger partial charge in [0.2, 0.25) is 0 Å². The van der Waals surface area contributed by atoms with Crippen molar-refractivity contribution in [3.63, 3.8) is 0 Å². The first-order valence-corrected chi connectivity index (χ1v) is 9.94. The highest BCUT2D eigenvalue weighted by atomic mass is 16.3. The number of benzene rings is 4. The van der Waals surface area contributed by atoms with Crippen LogP contribution in [0.1, 0.15) is 22.1 Å². The molecule has 0 saturated carbocycles. The van der Waals surface area contributed by atoms with Crippen molar-refractivity contribution in [1.29, 1.82) is 0 Å². The largest absolute Gasteiger partial charge is 0.369 e. The van der Waals surface area contributed by atoms with Crippen LogP contribution in [0.4, 0.5) is 5.69 Å². The second-order valence-corrected chi connectivity index (χ2v) is 7.50. The smallest absolute Gasteiger partial charge is 0.263 e. The van der Waals surface area contributed by atoms with Crippen molar-refractivity contribution in [2.45, 2.75) is 6.23 Å². The van der Waals surface area contributed by atoms with Crippen molar-refractivity contribution in [2.24, 2.45) is 0 Å². The summed E-state index contributed by atoms with van der Waals surface area (Å²) in [5.41, 5.74) is 4.70. The van der Waals surface area contributed by atoms with E-state index in [9.17, 15) is 9.90 Å². The van der Waals surface area contributed by atoms with Gasteiger partial charge in [-0.3, -0.25) is 9.69 Å². The molecule has 4 nitrogen and oxygen atoms in total. The molecule has 1 unspecified atom stereocenters. The average molecular weight is 390 g/mol. The van der Waals surface area contributed by atoms with Gasteiger partial charge in [-0.05, 0) is 30.3 Å². The number of aromatic nitrogens is 1. The van der Waals surface area contributed by atoms with Crippen LogP contribution in [0.15, 0.2) is 97.1 Å². The summed E-state index contributed by atoms with van der Waals surface area (Å²) < 4.78 is 2.13. The van der Waals surface area contributed by atoms with Gasteiger partial charge in [0, 0.05) is 22.0 Å². The van der Waals surface area contributed by atoms with Crippen LogP contribution in [-0.2, 0) is 0 Å². The molecule has 0 spiro atoms. The van der Waals surface area contributed by atoms with Crippen LogP contribution < -0.4 is 4.90 Å². The number of amides is 1. The summed E-state index contributed by atoms with van der Waals surface area (Å²) in [5, 5.41) is 13.3. The number of aliphatic hydroxyl groups excluding tert-OH is 1. The number of aliphatic hydroxyl groups is 1. The highest BCUT2D eigenvalue weighted by Gasteiger charge is 2.39. The average Bonchev–Trinajstić information content (AvgIpc) is 3.26. The van der Waals surface area contributed by atoms with Crippen LogP contribution in [0.3, 0.4) is 0 Å². The fourth-order valence-electron chi connectivity index (χ4n) is 4.59. The number of hydrogen-bond acceptors (Lipinski definition) is 2. The summed E-state index contributed by atoms with van der Waals surface area (Å²) in [5.74, 6) is -0.193. The van der Waals surface area contributed by atoms with Crippen LogP contribution >= 0.6 is 0 Å². The van der Waals surface area contributed by atoms with E-state index in [-0.39, 0.29) is 5.91 Å². The molecule has 0 radical (unpaired) electrons. The Morgan fingerprint density at radius 2 is 1.27 bits per heavy atom. The van der Waals surface area contributed by atoms with Crippen molar-refractivity contribution in [2.75, 3.05) is 4.90 Å². The molecule has 0 bridgehead atoms. The zero-order valence-corrected chi connectivity index (χ0v) is 16.1. The number of hydrogen-bond donors (Lipinski definition) is 1. The highest BCUT2D eigenvalue weighted by molar-refractivity contribution is 6.15. The lowest BCUT2D eigenvalue weighted by Gasteiger charge is -2.20. The topological polar surface area (TPSA) is 45.5 Å². The van der Waals surface area contributed by atoms with Crippen LogP contribution in [-0.4, -0.2) is 15.6 Å². The third kappa shape index (κ3) is 2.22. The molecular weight excluding hydrogens is 372 g/mol. The first-order valence-electron chi connectivity index (χ1n) is 9.94. The van der Waals surface area contributed by atoms with E-state index in [1.54, 1.807) is 0 Å². The molecule has 0 aliphatic carbocycles. The van der Waals surface area contributed by atoms with E-state index in [1.165, 1.54) is 4.90 Å². The Morgan fingerprint density at radius 3 is 1.93 bits per heavy atom. The van der Waals surface area contributed by atoms with E-state index < -0.39 is 6.23 Å². The molecule has 1 atom stereocenters. The van der Waals surface area contributed by atoms with Crippen molar-refractivity contribution >= 4 is 33.4 Å². The molecule has 6 rings (SSSR count). The maximum atomic E-state index is 13.5. The maximum Gasteiger partial charge on any atom is 0.263 e. The molecule has 1 aliphatic heterocycles. The van der Waals surface area contributed by atoms with Crippen LogP contribution in [0.2, 0.25) is 0 Å². The Morgan fingerprint density at radius 1 is 0.667 bits per heavy atom. The lowest BCUT2D eigenvalue weighted by atomic mass is 10.1. The Balaban J connectivity index is 1.65. The Labute approximate surface area is 173 Å². The van der Waals surface area contributed by atoms with Crippen molar-refractivity contribution in [3.05, 3.63) is 108 Å². The minimum Gasteiger partial charge on any atom is -0.369 e. The van der Waals surface area contributed by atoms with E-state index in [0.29, 0.717) is 16.8 Å². The van der Waals surface area contributed by atoms with E-state index in [1.807, 2.05) is 72.8 Å². The van der Waals surface area contributed by atoms with Crippen molar-refractivity contribution in [1.82, 2.24) is 4.57 Å². The first-order chi connectivity index (χ1) is 14.8. The van der Waals surface area contributed by atoms with E-state index in [4.69, 9.17) is 0 Å². The number of carbonyl (C=O) groups is 1. The summed E-state index contributed by atoms with van der Waals surface area (Å²) in [7, 11) is 0. The molecule has 30 heavy (non-hydrogen) atoms. The van der Waals surface area contributed by atoms with Crippen LogP contribution in [0.25, 0.3) is 27.5 Å². The molecule has 2 heterocycles. The van der Waals surface area contributed by atoms with Gasteiger partial charge in [0.1, 0.15) is 0 Å². The van der Waals surface area contributed by atoms with Gasteiger partial charge in [-0.25, -0.2) is 0 Å². The van der Waals surface area contributed by atoms with E-state index in [2.05, 4.69) is 28.8 Å². The molecule has 1 aromatic heterocycles. The van der Waals surface area contributed by atoms with Gasteiger partial charge in [-0.1, -0.05) is 66.7 Å². The summed E-state index contributed by atoms with van der Waals surface area (Å²) in [6.45, 7) is 0. The molecule has 0 fully saturated rings. The van der Waals surface area contributed by atoms with Gasteiger partial charge in [0.15, 0.2) is 6.23 Å². The zero-order chi connectivity index (χ0) is 20.2. The lowest BCUT2D eigenvalue weighted by Crippen LogP contribution is -2.27. The second-order valence-electron chi connectivity index (χ2n) is 7.50. The number of carbonyl (C=O) groups excluding carboxylic acids is 1. The lowest BCUT2D eigenvalue weighted by molar-refractivity contribution is 0.0935. The van der Waals surface area contributed by atoms with Gasteiger partial charge in [-0.2, -0.15) is 0 Å². The third-order valence-corrected chi connectivity index (χ3v) is 5.89. The monoisotopic (exact) mass is 390 g/mol. The normalized spacial score (nSPS) is 15.8. The number of anilines is 1. The zero-order valence-electron chi connectivity index (χ0n) is 16.1. The van der Waals surface area contributed by atoms with Gasteiger partial charge in [0.25, 0.3) is 5.91 Å². The highest BCUT2D eigenvalue weighted by Crippen LogP contribution is 2.41. The standard InChI is InChI=1S/C26H18N2O2/c29-25-20-13-8-16-23(24(20)26(30)27(25)17-9-2-1-3-10-17)28-21-14-6-4-11-18(21)19-12-5-7-15-22(19)28/h1-16,25,29H. The van der Waals surface area contributed by atoms with E-state index in [0.717, 1.165) is 27.5 Å². The number of nitrogens with zero attached hydrogens (tertiary/aromatic N) is 2. The molecule has 5 aromatic rings. The third-order valence-electron chi connectivity index (χ3n) is 5.89. The number of rotatable bonds is 2. The number of para-hydroxylation sites is 3. The van der Waals surface area contributed by atoms with Crippen molar-refractivity contribution < 1.29 is 9.90 Å². The first kappa shape index (κ1) is 17.0. The van der Waals surface area contributed by atoms with Crippen molar-refractivity contribution in [3.8, 4) is 5.69 Å².